The number of carbonyl (C=O) groups is 3. The molecule has 0 radical (unpaired) electrons. The molecule has 0 spiro atoms. The van der Waals surface area contributed by atoms with Crippen LogP contribution in [0.1, 0.15) is 16.7 Å². The van der Waals surface area contributed by atoms with Crippen molar-refractivity contribution < 1.29 is 23.5 Å². The highest BCUT2D eigenvalue weighted by molar-refractivity contribution is 6.50. The first-order chi connectivity index (χ1) is 18.6. The van der Waals surface area contributed by atoms with Gasteiger partial charge in [-0.05, 0) is 18.1 Å². The zero-order valence-electron chi connectivity index (χ0n) is 21.0. The molecule has 3 aromatic heterocycles. The van der Waals surface area contributed by atoms with E-state index in [-0.39, 0.29) is 24.0 Å². The molecule has 6 heterocycles. The second-order valence-corrected chi connectivity index (χ2v) is 9.73. The van der Waals surface area contributed by atoms with Gasteiger partial charge >= 0.3 is 6.03 Å². The van der Waals surface area contributed by atoms with E-state index in [1.54, 1.807) is 24.7 Å². The van der Waals surface area contributed by atoms with Gasteiger partial charge in [0.2, 0.25) is 0 Å². The molecule has 4 amide bonds. The summed E-state index contributed by atoms with van der Waals surface area (Å²) in [6, 6.07) is 7.81. The number of rotatable bonds is 2. The highest BCUT2D eigenvalue weighted by atomic mass is 35.5. The number of amides is 4. The third-order valence-electron chi connectivity index (χ3n) is 7.62. The summed E-state index contributed by atoms with van der Waals surface area (Å²) in [5.41, 5.74) is 4.35. The fourth-order valence-electron chi connectivity index (χ4n) is 5.79. The summed E-state index contributed by atoms with van der Waals surface area (Å²) in [6.07, 6.45) is 7.38. The minimum absolute atomic E-state index is 0. The number of halogens is 1. The highest BCUT2D eigenvalue weighted by Gasteiger charge is 2.36. The third kappa shape index (κ3) is 4.07. The molecule has 200 valence electrons. The molecule has 39 heavy (non-hydrogen) atoms. The standard InChI is InChI=1S/C28H25N5O5.ClH/c34-26-22(20-15-29-14-18-5-11-38-25(18)20)23(27(35)30-26)21-16-33-8-7-31(28(36)32-9-12-37-13-10-32)6-4-17-2-1-3-19(21)24(17)33;/h1-3,5,11,14-16H,4,6-10,12-13H2,(H,30,34,35);1H. The largest absolute Gasteiger partial charge is 0.464 e. The molecule has 0 atom stereocenters. The highest BCUT2D eigenvalue weighted by Crippen LogP contribution is 2.39. The summed E-state index contributed by atoms with van der Waals surface area (Å²) in [7, 11) is 0. The number of imide groups is 1. The second kappa shape index (κ2) is 9.87. The molecule has 1 aromatic carbocycles. The Morgan fingerprint density at radius 2 is 1.67 bits per heavy atom. The van der Waals surface area contributed by atoms with Crippen LogP contribution in [0.4, 0.5) is 4.79 Å². The molecule has 0 aliphatic carbocycles. The first-order valence-electron chi connectivity index (χ1n) is 12.7. The van der Waals surface area contributed by atoms with E-state index in [1.807, 2.05) is 28.1 Å². The molecule has 0 saturated carbocycles. The van der Waals surface area contributed by atoms with Crippen LogP contribution in [-0.4, -0.2) is 76.6 Å². The third-order valence-corrected chi connectivity index (χ3v) is 7.62. The van der Waals surface area contributed by atoms with Crippen molar-refractivity contribution in [3.63, 3.8) is 0 Å². The Kier molecular flexibility index (Phi) is 6.36. The summed E-state index contributed by atoms with van der Waals surface area (Å²) >= 11 is 0. The topological polar surface area (TPSA) is 110 Å². The molecule has 3 aliphatic heterocycles. The quantitative estimate of drug-likeness (QED) is 0.386. The van der Waals surface area contributed by atoms with Crippen molar-refractivity contribution in [3.8, 4) is 0 Å². The molecule has 1 saturated heterocycles. The number of morpholine rings is 1. The van der Waals surface area contributed by atoms with Gasteiger partial charge in [0.05, 0.1) is 36.1 Å². The summed E-state index contributed by atoms with van der Waals surface area (Å²) < 4.78 is 13.2. The van der Waals surface area contributed by atoms with E-state index in [0.717, 1.165) is 21.9 Å². The van der Waals surface area contributed by atoms with E-state index in [1.165, 1.54) is 0 Å². The fraction of sp³-hybridized carbons (Fsp3) is 0.286. The van der Waals surface area contributed by atoms with Crippen molar-refractivity contribution in [1.29, 1.82) is 0 Å². The number of hydrogen-bond donors (Lipinski definition) is 1. The summed E-state index contributed by atoms with van der Waals surface area (Å²) in [6.45, 7) is 4.03. The van der Waals surface area contributed by atoms with Crippen molar-refractivity contribution in [2.24, 2.45) is 0 Å². The van der Waals surface area contributed by atoms with E-state index in [9.17, 15) is 14.4 Å². The van der Waals surface area contributed by atoms with Gasteiger partial charge in [-0.2, -0.15) is 0 Å². The van der Waals surface area contributed by atoms with Crippen molar-refractivity contribution in [2.45, 2.75) is 13.0 Å². The van der Waals surface area contributed by atoms with Crippen LogP contribution in [0.15, 0.2) is 53.5 Å². The first-order valence-corrected chi connectivity index (χ1v) is 12.7. The second-order valence-electron chi connectivity index (χ2n) is 9.73. The molecule has 0 bridgehead atoms. The smallest absolute Gasteiger partial charge is 0.320 e. The minimum Gasteiger partial charge on any atom is -0.464 e. The van der Waals surface area contributed by atoms with Crippen molar-refractivity contribution in [2.75, 3.05) is 39.4 Å². The van der Waals surface area contributed by atoms with Gasteiger partial charge in [-0.1, -0.05) is 18.2 Å². The van der Waals surface area contributed by atoms with Crippen molar-refractivity contribution in [3.05, 3.63) is 65.8 Å². The van der Waals surface area contributed by atoms with Gasteiger partial charge in [0.25, 0.3) is 11.8 Å². The molecular formula is C28H26ClN5O5. The van der Waals surface area contributed by atoms with Crippen LogP contribution in [0.25, 0.3) is 33.0 Å². The summed E-state index contributed by atoms with van der Waals surface area (Å²) in [5, 5.41) is 4.12. The molecule has 7 rings (SSSR count). The number of ether oxygens (including phenoxy) is 1. The van der Waals surface area contributed by atoms with Gasteiger partial charge in [0, 0.05) is 73.2 Å². The lowest BCUT2D eigenvalue weighted by atomic mass is 9.95. The number of pyridine rings is 1. The predicted octanol–water partition coefficient (Wildman–Crippen LogP) is 3.08. The van der Waals surface area contributed by atoms with Gasteiger partial charge in [-0.15, -0.1) is 12.4 Å². The lowest BCUT2D eigenvalue weighted by molar-refractivity contribution is -0.122. The number of hydrogen-bond acceptors (Lipinski definition) is 6. The molecule has 4 aromatic rings. The van der Waals surface area contributed by atoms with Crippen molar-refractivity contribution >= 4 is 63.3 Å². The average molecular weight is 548 g/mol. The van der Waals surface area contributed by atoms with Gasteiger partial charge in [0.15, 0.2) is 0 Å². The number of benzene rings is 1. The van der Waals surface area contributed by atoms with Crippen LogP contribution in [0.3, 0.4) is 0 Å². The van der Waals surface area contributed by atoms with Crippen LogP contribution in [-0.2, 0) is 27.3 Å². The maximum absolute atomic E-state index is 13.2. The Balaban J connectivity index is 0.00000277. The van der Waals surface area contributed by atoms with Crippen LogP contribution in [0, 0.1) is 0 Å². The number of urea groups is 1. The maximum Gasteiger partial charge on any atom is 0.320 e. The SMILES string of the molecule is Cl.O=C1NC(=O)C(c2cncc3ccoc23)=C1c1cn2c3c(cccc13)CCN(C(=O)N1CCOCC1)CC2. The molecule has 1 fully saturated rings. The van der Waals surface area contributed by atoms with Crippen molar-refractivity contribution in [1.82, 2.24) is 24.7 Å². The molecule has 0 unspecified atom stereocenters. The Bertz CT molecular complexity index is 1670. The number of aromatic nitrogens is 2. The summed E-state index contributed by atoms with van der Waals surface area (Å²) in [4.78, 5) is 47.5. The monoisotopic (exact) mass is 547 g/mol. The number of fused-ring (bicyclic) bond motifs is 1. The van der Waals surface area contributed by atoms with E-state index in [0.29, 0.717) is 74.6 Å². The van der Waals surface area contributed by atoms with E-state index in [2.05, 4.69) is 20.9 Å². The fourth-order valence-corrected chi connectivity index (χ4v) is 5.79. The Morgan fingerprint density at radius 1 is 0.897 bits per heavy atom. The zero-order valence-corrected chi connectivity index (χ0v) is 21.8. The van der Waals surface area contributed by atoms with Gasteiger partial charge < -0.3 is 23.5 Å². The van der Waals surface area contributed by atoms with Gasteiger partial charge in [-0.25, -0.2) is 4.79 Å². The van der Waals surface area contributed by atoms with E-state index >= 15 is 0 Å². The summed E-state index contributed by atoms with van der Waals surface area (Å²) in [5.74, 6) is -0.920. The zero-order chi connectivity index (χ0) is 25.8. The lowest BCUT2D eigenvalue weighted by Gasteiger charge is -2.34. The number of nitrogens with one attached hydrogen (secondary N) is 1. The van der Waals surface area contributed by atoms with Crippen LogP contribution in [0.5, 0.6) is 0 Å². The molecule has 10 nitrogen and oxygen atoms in total. The minimum atomic E-state index is -0.473. The normalized spacial score (nSPS) is 17.8. The Morgan fingerprint density at radius 3 is 2.49 bits per heavy atom. The molecule has 11 heteroatoms. The lowest BCUT2D eigenvalue weighted by Crippen LogP contribution is -2.49. The number of nitrogens with zero attached hydrogens (tertiary/aromatic N) is 4. The van der Waals surface area contributed by atoms with E-state index < -0.39 is 11.8 Å². The van der Waals surface area contributed by atoms with Crippen LogP contribution < -0.4 is 5.32 Å². The van der Waals surface area contributed by atoms with E-state index in [4.69, 9.17) is 9.15 Å². The Labute approximate surface area is 229 Å². The first kappa shape index (κ1) is 25.1. The molecular weight excluding hydrogens is 522 g/mol. The number of carbonyl (C=O) groups excluding carboxylic acids is 3. The van der Waals surface area contributed by atoms with Gasteiger partial charge in [-0.3, -0.25) is 19.9 Å². The van der Waals surface area contributed by atoms with Gasteiger partial charge in [0.1, 0.15) is 5.58 Å². The Hall–Kier alpha value is -4.15. The number of para-hydroxylation sites is 1. The molecule has 1 N–H and O–H groups in total. The maximum atomic E-state index is 13.2. The number of furan rings is 1. The van der Waals surface area contributed by atoms with Crippen LogP contribution in [0.2, 0.25) is 0 Å². The average Bonchev–Trinajstić information content (AvgIpc) is 3.63. The van der Waals surface area contributed by atoms with Crippen LogP contribution >= 0.6 is 12.4 Å². The predicted molar refractivity (Wildman–Crippen MR) is 146 cm³/mol. The molecule has 3 aliphatic rings.